The first-order valence-corrected chi connectivity index (χ1v) is 5.18. The molecule has 1 unspecified atom stereocenters. The Hall–Kier alpha value is -1.55. The topological polar surface area (TPSA) is 69.6 Å². The average molecular weight is 223 g/mol. The van der Waals surface area contributed by atoms with Crippen molar-refractivity contribution >= 4 is 5.91 Å². The van der Waals surface area contributed by atoms with Crippen LogP contribution in [0.25, 0.3) is 0 Å². The fraction of sp³-hybridized carbons (Fsp3) is 0.417. The van der Waals surface area contributed by atoms with E-state index in [0.29, 0.717) is 5.56 Å². The molecule has 0 saturated heterocycles. The molecule has 1 amide bonds. The van der Waals surface area contributed by atoms with Gasteiger partial charge in [0.25, 0.3) is 5.91 Å². The second-order valence-electron chi connectivity index (χ2n) is 3.96. The van der Waals surface area contributed by atoms with Crippen molar-refractivity contribution in [3.8, 4) is 5.75 Å². The number of hydrogen-bond acceptors (Lipinski definition) is 3. The molecule has 0 saturated carbocycles. The van der Waals surface area contributed by atoms with Crippen LogP contribution in [0.3, 0.4) is 0 Å². The first kappa shape index (κ1) is 12.5. The molecule has 1 aromatic rings. The minimum absolute atomic E-state index is 0.00244. The third kappa shape index (κ3) is 2.52. The van der Waals surface area contributed by atoms with Crippen LogP contribution in [0.5, 0.6) is 5.75 Å². The molecule has 1 rings (SSSR count). The van der Waals surface area contributed by atoms with Crippen molar-refractivity contribution in [1.29, 1.82) is 0 Å². The number of amides is 1. The third-order valence-electron chi connectivity index (χ3n) is 2.60. The number of aliphatic hydroxyl groups excluding tert-OH is 1. The van der Waals surface area contributed by atoms with Crippen molar-refractivity contribution in [2.24, 2.45) is 0 Å². The van der Waals surface area contributed by atoms with Gasteiger partial charge in [-0.3, -0.25) is 4.79 Å². The Kier molecular flexibility index (Phi) is 3.90. The molecule has 0 aliphatic rings. The number of aromatic hydroxyl groups is 1. The number of phenolic OH excluding ortho intramolecular Hbond substituents is 1. The highest BCUT2D eigenvalue weighted by Crippen LogP contribution is 2.24. The molecule has 0 spiro atoms. The summed E-state index contributed by atoms with van der Waals surface area (Å²) in [5.41, 5.74) is 1.87. The smallest absolute Gasteiger partial charge is 0.255 e. The van der Waals surface area contributed by atoms with Gasteiger partial charge in [-0.25, -0.2) is 0 Å². The monoisotopic (exact) mass is 223 g/mol. The van der Waals surface area contributed by atoms with Gasteiger partial charge in [0.1, 0.15) is 5.75 Å². The summed E-state index contributed by atoms with van der Waals surface area (Å²) in [6.07, 6.45) is 0. The molecule has 0 radical (unpaired) electrons. The number of nitrogens with one attached hydrogen (secondary N) is 1. The van der Waals surface area contributed by atoms with Crippen LogP contribution in [-0.2, 0) is 0 Å². The molecule has 0 aromatic heterocycles. The minimum atomic E-state index is -0.373. The van der Waals surface area contributed by atoms with E-state index < -0.39 is 0 Å². The van der Waals surface area contributed by atoms with Crippen LogP contribution in [0, 0.1) is 13.8 Å². The normalized spacial score (nSPS) is 12.2. The van der Waals surface area contributed by atoms with Crippen LogP contribution in [0.15, 0.2) is 12.1 Å². The number of rotatable bonds is 3. The molecule has 0 bridgehead atoms. The van der Waals surface area contributed by atoms with E-state index in [2.05, 4.69) is 5.32 Å². The van der Waals surface area contributed by atoms with Crippen LogP contribution in [0.4, 0.5) is 0 Å². The Bertz CT molecular complexity index is 401. The molecule has 0 heterocycles. The van der Waals surface area contributed by atoms with Gasteiger partial charge in [-0.05, 0) is 38.0 Å². The Balaban J connectivity index is 2.97. The van der Waals surface area contributed by atoms with Crippen molar-refractivity contribution in [2.75, 3.05) is 6.61 Å². The zero-order valence-electron chi connectivity index (χ0n) is 9.74. The van der Waals surface area contributed by atoms with Crippen molar-refractivity contribution in [3.63, 3.8) is 0 Å². The van der Waals surface area contributed by atoms with E-state index in [4.69, 9.17) is 5.11 Å². The van der Waals surface area contributed by atoms with Crippen LogP contribution in [0.2, 0.25) is 0 Å². The highest BCUT2D eigenvalue weighted by atomic mass is 16.3. The quantitative estimate of drug-likeness (QED) is 0.719. The lowest BCUT2D eigenvalue weighted by atomic mass is 10.0. The SMILES string of the molecule is Cc1ccc(C(=O)NC(C)CO)c(O)c1C. The summed E-state index contributed by atoms with van der Waals surface area (Å²) in [6.45, 7) is 5.19. The lowest BCUT2D eigenvalue weighted by molar-refractivity contribution is 0.0919. The maximum absolute atomic E-state index is 11.7. The molecule has 88 valence electrons. The van der Waals surface area contributed by atoms with Gasteiger partial charge in [0.2, 0.25) is 0 Å². The number of carbonyl (C=O) groups is 1. The van der Waals surface area contributed by atoms with E-state index in [0.717, 1.165) is 5.56 Å². The van der Waals surface area contributed by atoms with Gasteiger partial charge >= 0.3 is 0 Å². The van der Waals surface area contributed by atoms with Gasteiger partial charge < -0.3 is 15.5 Å². The Labute approximate surface area is 94.9 Å². The van der Waals surface area contributed by atoms with Gasteiger partial charge in [-0.15, -0.1) is 0 Å². The largest absolute Gasteiger partial charge is 0.507 e. The van der Waals surface area contributed by atoms with Crippen LogP contribution < -0.4 is 5.32 Å². The van der Waals surface area contributed by atoms with Crippen LogP contribution in [-0.4, -0.2) is 28.8 Å². The van der Waals surface area contributed by atoms with Gasteiger partial charge in [-0.2, -0.15) is 0 Å². The Morgan fingerprint density at radius 2 is 2.06 bits per heavy atom. The van der Waals surface area contributed by atoms with E-state index in [1.54, 1.807) is 26.0 Å². The lowest BCUT2D eigenvalue weighted by Gasteiger charge is -2.13. The molecule has 1 aromatic carbocycles. The van der Waals surface area contributed by atoms with Gasteiger partial charge in [0.05, 0.1) is 12.2 Å². The molecular formula is C12H17NO3. The Morgan fingerprint density at radius 3 is 2.62 bits per heavy atom. The summed E-state index contributed by atoms with van der Waals surface area (Å²) in [6, 6.07) is 3.04. The number of benzene rings is 1. The summed E-state index contributed by atoms with van der Waals surface area (Å²) in [5, 5.41) is 21.2. The number of phenols is 1. The first-order valence-electron chi connectivity index (χ1n) is 5.18. The molecule has 0 aliphatic heterocycles. The molecule has 4 nitrogen and oxygen atoms in total. The van der Waals surface area contributed by atoms with Gasteiger partial charge in [0.15, 0.2) is 0 Å². The van der Waals surface area contributed by atoms with Crippen LogP contribution >= 0.6 is 0 Å². The summed E-state index contributed by atoms with van der Waals surface area (Å²) in [4.78, 5) is 11.7. The summed E-state index contributed by atoms with van der Waals surface area (Å²) < 4.78 is 0. The summed E-state index contributed by atoms with van der Waals surface area (Å²) in [5.74, 6) is -0.371. The zero-order chi connectivity index (χ0) is 12.3. The second-order valence-corrected chi connectivity index (χ2v) is 3.96. The van der Waals surface area contributed by atoms with E-state index >= 15 is 0 Å². The predicted molar refractivity (Wildman–Crippen MR) is 61.6 cm³/mol. The highest BCUT2D eigenvalue weighted by Gasteiger charge is 2.15. The van der Waals surface area contributed by atoms with Crippen molar-refractivity contribution in [2.45, 2.75) is 26.8 Å². The lowest BCUT2D eigenvalue weighted by Crippen LogP contribution is -2.35. The standard InChI is InChI=1S/C12H17NO3/c1-7-4-5-10(11(15)9(7)3)12(16)13-8(2)6-14/h4-5,8,14-15H,6H2,1-3H3,(H,13,16). The maximum atomic E-state index is 11.7. The first-order chi connectivity index (χ1) is 7.47. The molecule has 4 heteroatoms. The Morgan fingerprint density at radius 1 is 1.44 bits per heavy atom. The van der Waals surface area contributed by atoms with Crippen molar-refractivity contribution in [1.82, 2.24) is 5.32 Å². The summed E-state index contributed by atoms with van der Waals surface area (Å²) in [7, 11) is 0. The maximum Gasteiger partial charge on any atom is 0.255 e. The zero-order valence-corrected chi connectivity index (χ0v) is 9.74. The summed E-state index contributed by atoms with van der Waals surface area (Å²) >= 11 is 0. The minimum Gasteiger partial charge on any atom is -0.507 e. The molecule has 16 heavy (non-hydrogen) atoms. The highest BCUT2D eigenvalue weighted by molar-refractivity contribution is 5.97. The number of hydrogen-bond donors (Lipinski definition) is 3. The number of aryl methyl sites for hydroxylation is 1. The van der Waals surface area contributed by atoms with Gasteiger partial charge in [0, 0.05) is 6.04 Å². The molecule has 0 fully saturated rings. The fourth-order valence-electron chi connectivity index (χ4n) is 1.33. The van der Waals surface area contributed by atoms with E-state index in [9.17, 15) is 9.90 Å². The van der Waals surface area contributed by atoms with Crippen LogP contribution in [0.1, 0.15) is 28.4 Å². The third-order valence-corrected chi connectivity index (χ3v) is 2.60. The van der Waals surface area contributed by atoms with E-state index in [-0.39, 0.29) is 29.9 Å². The molecule has 3 N–H and O–H groups in total. The molecule has 1 atom stereocenters. The number of carbonyl (C=O) groups excluding carboxylic acids is 1. The fourth-order valence-corrected chi connectivity index (χ4v) is 1.33. The average Bonchev–Trinajstić information content (AvgIpc) is 2.25. The number of aliphatic hydroxyl groups is 1. The van der Waals surface area contributed by atoms with E-state index in [1.165, 1.54) is 0 Å². The predicted octanol–water partition coefficient (Wildman–Crippen LogP) is 1.12. The molecular weight excluding hydrogens is 206 g/mol. The molecule has 0 aliphatic carbocycles. The second kappa shape index (κ2) is 4.99. The van der Waals surface area contributed by atoms with Crippen molar-refractivity contribution in [3.05, 3.63) is 28.8 Å². The van der Waals surface area contributed by atoms with Gasteiger partial charge in [-0.1, -0.05) is 6.07 Å². The van der Waals surface area contributed by atoms with E-state index in [1.807, 2.05) is 6.92 Å². The van der Waals surface area contributed by atoms with Crippen molar-refractivity contribution < 1.29 is 15.0 Å².